The van der Waals surface area contributed by atoms with Crippen LogP contribution in [0.3, 0.4) is 0 Å². The molecule has 11 heavy (non-hydrogen) atoms. The van der Waals surface area contributed by atoms with E-state index < -0.39 is 5.24 Å². The van der Waals surface area contributed by atoms with Crippen molar-refractivity contribution in [1.82, 2.24) is 0 Å². The highest BCUT2D eigenvalue weighted by Crippen LogP contribution is 2.12. The first-order valence-electron chi connectivity index (χ1n) is 3.08. The Hall–Kier alpha value is -1.02. The molecule has 3 heteroatoms. The van der Waals surface area contributed by atoms with Crippen LogP contribution in [0.25, 0.3) is 0 Å². The van der Waals surface area contributed by atoms with Gasteiger partial charge in [-0.3, -0.25) is 4.79 Å². The van der Waals surface area contributed by atoms with Gasteiger partial charge in [0.05, 0.1) is 7.11 Å². The topological polar surface area (TPSA) is 26.3 Å². The van der Waals surface area contributed by atoms with Crippen molar-refractivity contribution in [3.8, 4) is 5.75 Å². The SMILES string of the molecule is COc1ccc([13C](=O)Cl)cc1. The lowest BCUT2D eigenvalue weighted by molar-refractivity contribution is 0.108. The molecule has 0 bridgehead atoms. The molecule has 0 spiro atoms. The summed E-state index contributed by atoms with van der Waals surface area (Å²) in [5.41, 5.74) is 0.479. The molecular formula is C8H7ClO2. The molecule has 1 aromatic rings. The van der Waals surface area contributed by atoms with E-state index >= 15 is 0 Å². The van der Waals surface area contributed by atoms with Crippen LogP contribution < -0.4 is 4.74 Å². The first-order chi connectivity index (χ1) is 5.24. The van der Waals surface area contributed by atoms with Gasteiger partial charge in [0.15, 0.2) is 0 Å². The fourth-order valence-electron chi connectivity index (χ4n) is 0.722. The zero-order valence-corrected chi connectivity index (χ0v) is 6.76. The van der Waals surface area contributed by atoms with E-state index in [4.69, 9.17) is 16.3 Å². The molecule has 1 rings (SSSR count). The van der Waals surface area contributed by atoms with Gasteiger partial charge in [0.2, 0.25) is 0 Å². The van der Waals surface area contributed by atoms with Gasteiger partial charge in [-0.05, 0) is 35.9 Å². The predicted molar refractivity (Wildman–Crippen MR) is 43.2 cm³/mol. The zero-order chi connectivity index (χ0) is 8.27. The van der Waals surface area contributed by atoms with Crippen molar-refractivity contribution >= 4 is 16.8 Å². The second kappa shape index (κ2) is 3.39. The van der Waals surface area contributed by atoms with Crippen LogP contribution in [0.2, 0.25) is 0 Å². The number of hydrogen-bond acceptors (Lipinski definition) is 2. The Kier molecular flexibility index (Phi) is 2.49. The summed E-state index contributed by atoms with van der Waals surface area (Å²) in [6, 6.07) is 6.62. The number of rotatable bonds is 2. The van der Waals surface area contributed by atoms with Gasteiger partial charge in [-0.15, -0.1) is 0 Å². The van der Waals surface area contributed by atoms with E-state index in [2.05, 4.69) is 0 Å². The summed E-state index contributed by atoms with van der Waals surface area (Å²) in [7, 11) is 1.57. The highest BCUT2D eigenvalue weighted by molar-refractivity contribution is 6.67. The Morgan fingerprint density at radius 1 is 1.36 bits per heavy atom. The van der Waals surface area contributed by atoms with E-state index in [9.17, 15) is 4.79 Å². The van der Waals surface area contributed by atoms with Gasteiger partial charge < -0.3 is 4.74 Å². The standard InChI is InChI=1S/C8H7ClO2/c1-11-7-4-2-6(3-5-7)8(9)10/h2-5H,1H3/i8+1. The quantitative estimate of drug-likeness (QED) is 0.503. The lowest BCUT2D eigenvalue weighted by Gasteiger charge is -1.98. The van der Waals surface area contributed by atoms with E-state index in [0.29, 0.717) is 11.3 Å². The van der Waals surface area contributed by atoms with Crippen LogP contribution in [0, 0.1) is 0 Å². The number of hydrogen-bond donors (Lipinski definition) is 0. The molecule has 0 amide bonds. The predicted octanol–water partition coefficient (Wildman–Crippen LogP) is 2.07. The molecule has 0 aromatic heterocycles. The van der Waals surface area contributed by atoms with E-state index in [1.807, 2.05) is 0 Å². The monoisotopic (exact) mass is 171 g/mol. The van der Waals surface area contributed by atoms with Crippen molar-refractivity contribution < 1.29 is 9.53 Å². The molecule has 0 saturated carbocycles. The molecule has 0 saturated heterocycles. The van der Waals surface area contributed by atoms with Crippen LogP contribution in [-0.4, -0.2) is 12.4 Å². The smallest absolute Gasteiger partial charge is 0.252 e. The van der Waals surface area contributed by atoms with E-state index in [-0.39, 0.29) is 0 Å². The van der Waals surface area contributed by atoms with Gasteiger partial charge in [-0.1, -0.05) is 0 Å². The van der Waals surface area contributed by atoms with E-state index in [0.717, 1.165) is 0 Å². The van der Waals surface area contributed by atoms with Crippen molar-refractivity contribution in [2.45, 2.75) is 0 Å². The summed E-state index contributed by atoms with van der Waals surface area (Å²) in [4.78, 5) is 10.6. The van der Waals surface area contributed by atoms with Crippen molar-refractivity contribution in [2.75, 3.05) is 7.11 Å². The lowest BCUT2D eigenvalue weighted by atomic mass is 10.3. The third kappa shape index (κ3) is 1.95. The van der Waals surface area contributed by atoms with Crippen molar-refractivity contribution in [2.24, 2.45) is 0 Å². The maximum Gasteiger partial charge on any atom is 0.252 e. The number of ether oxygens (including phenoxy) is 1. The Morgan fingerprint density at radius 2 is 1.91 bits per heavy atom. The third-order valence-corrected chi connectivity index (χ3v) is 1.54. The number of carbonyl (C=O) groups is 1. The summed E-state index contributed by atoms with van der Waals surface area (Å²) in [5.74, 6) is 0.715. The summed E-state index contributed by atoms with van der Waals surface area (Å²) in [6.07, 6.45) is 0. The normalized spacial score (nSPS) is 9.27. The van der Waals surface area contributed by atoms with Gasteiger partial charge in [-0.2, -0.15) is 0 Å². The largest absolute Gasteiger partial charge is 0.497 e. The molecule has 0 aliphatic rings. The van der Waals surface area contributed by atoms with Crippen LogP contribution in [0.15, 0.2) is 24.3 Å². The summed E-state index contributed by atoms with van der Waals surface area (Å²) >= 11 is 5.22. The minimum absolute atomic E-state index is 0.451. The van der Waals surface area contributed by atoms with Crippen LogP contribution in [0.5, 0.6) is 5.75 Å². The minimum Gasteiger partial charge on any atom is -0.497 e. The molecule has 0 heterocycles. The molecule has 0 fully saturated rings. The molecule has 0 atom stereocenters. The van der Waals surface area contributed by atoms with E-state index in [1.165, 1.54) is 0 Å². The highest BCUT2D eigenvalue weighted by Gasteiger charge is 1.99. The Labute approximate surface area is 69.7 Å². The summed E-state index contributed by atoms with van der Waals surface area (Å²) in [6.45, 7) is 0. The van der Waals surface area contributed by atoms with Gasteiger partial charge >= 0.3 is 0 Å². The highest BCUT2D eigenvalue weighted by atomic mass is 35.5. The molecular weight excluding hydrogens is 165 g/mol. The number of halogens is 1. The molecule has 0 aliphatic carbocycles. The van der Waals surface area contributed by atoms with Crippen molar-refractivity contribution in [3.05, 3.63) is 29.8 Å². The third-order valence-electron chi connectivity index (χ3n) is 1.32. The van der Waals surface area contributed by atoms with Crippen LogP contribution >= 0.6 is 11.6 Å². The molecule has 0 radical (unpaired) electrons. The second-order valence-corrected chi connectivity index (χ2v) is 2.35. The summed E-state index contributed by atoms with van der Waals surface area (Å²) in [5, 5.41) is -0.451. The van der Waals surface area contributed by atoms with Gasteiger partial charge in [-0.25, -0.2) is 0 Å². The zero-order valence-electron chi connectivity index (χ0n) is 6.00. The van der Waals surface area contributed by atoms with Crippen molar-refractivity contribution in [1.29, 1.82) is 0 Å². The van der Waals surface area contributed by atoms with Crippen molar-refractivity contribution in [3.63, 3.8) is 0 Å². The maximum atomic E-state index is 10.6. The first-order valence-corrected chi connectivity index (χ1v) is 3.45. The molecule has 0 aliphatic heterocycles. The average Bonchev–Trinajstić information content (AvgIpc) is 2.05. The summed E-state index contributed by atoms with van der Waals surface area (Å²) < 4.78 is 4.89. The van der Waals surface area contributed by atoms with E-state index in [1.54, 1.807) is 31.4 Å². The maximum absolute atomic E-state index is 10.6. The number of methoxy groups -OCH3 is 1. The molecule has 2 nitrogen and oxygen atoms in total. The Morgan fingerprint density at radius 3 is 2.27 bits per heavy atom. The van der Waals surface area contributed by atoms with Gasteiger partial charge in [0, 0.05) is 5.56 Å². The molecule has 58 valence electrons. The number of carbonyl (C=O) groups excluding carboxylic acids is 1. The van der Waals surface area contributed by atoms with Gasteiger partial charge in [0.1, 0.15) is 5.75 Å². The van der Waals surface area contributed by atoms with Gasteiger partial charge in [0.25, 0.3) is 5.24 Å². The molecule has 1 aromatic carbocycles. The first kappa shape index (κ1) is 8.08. The number of benzene rings is 1. The van der Waals surface area contributed by atoms with Crippen LogP contribution in [0.4, 0.5) is 0 Å². The fourth-order valence-corrected chi connectivity index (χ4v) is 0.848. The Balaban J connectivity index is 2.91. The lowest BCUT2D eigenvalue weighted by Crippen LogP contribution is -1.88. The minimum atomic E-state index is -0.451. The average molecular weight is 172 g/mol. The molecule has 0 N–H and O–H groups in total. The van der Waals surface area contributed by atoms with Crippen LogP contribution in [-0.2, 0) is 0 Å². The Bertz CT molecular complexity index is 253. The molecule has 0 unspecified atom stereocenters. The second-order valence-electron chi connectivity index (χ2n) is 2.00. The fraction of sp³-hybridized carbons (Fsp3) is 0.125. The van der Waals surface area contributed by atoms with Crippen LogP contribution in [0.1, 0.15) is 10.4 Å².